The maximum absolute atomic E-state index is 13.9. The van der Waals surface area contributed by atoms with Crippen LogP contribution in [0.2, 0.25) is 15.2 Å². The molecule has 46 heavy (non-hydrogen) atoms. The third-order valence-corrected chi connectivity index (χ3v) is 12.3. The Kier molecular flexibility index (Phi) is 9.57. The zero-order valence-electron chi connectivity index (χ0n) is 25.4. The van der Waals surface area contributed by atoms with Gasteiger partial charge in [0, 0.05) is 0 Å². The fourth-order valence-corrected chi connectivity index (χ4v) is 9.89. The van der Waals surface area contributed by atoms with E-state index in [0.717, 1.165) is 41.5 Å². The van der Waals surface area contributed by atoms with E-state index in [1.54, 1.807) is 12.3 Å². The van der Waals surface area contributed by atoms with Gasteiger partial charge in [-0.25, -0.2) is 0 Å². The van der Waals surface area contributed by atoms with Gasteiger partial charge in [0.25, 0.3) is 0 Å². The number of anilines is 2. The molecule has 0 amide bonds. The van der Waals surface area contributed by atoms with Crippen molar-refractivity contribution in [1.29, 1.82) is 5.26 Å². The topological polar surface area (TPSA) is 95.6 Å². The molecular formula is C33H31AsCl3FN8. The van der Waals surface area contributed by atoms with Crippen LogP contribution in [-0.2, 0) is 0 Å². The summed E-state index contributed by atoms with van der Waals surface area (Å²) in [7, 11) is 0. The molecular weight excluding hydrogens is 709 g/mol. The number of nitrogens with one attached hydrogen (secondary N) is 1. The van der Waals surface area contributed by atoms with Crippen LogP contribution in [0.15, 0.2) is 61.1 Å². The van der Waals surface area contributed by atoms with Crippen LogP contribution in [0.5, 0.6) is 0 Å². The van der Waals surface area contributed by atoms with E-state index in [2.05, 4.69) is 63.5 Å². The zero-order valence-corrected chi connectivity index (χ0v) is 29.8. The number of aromatic nitrogens is 5. The van der Waals surface area contributed by atoms with E-state index in [1.807, 2.05) is 28.9 Å². The molecule has 1 aliphatic rings. The number of likely N-dealkylation sites (tertiary alicyclic amines) is 1. The van der Waals surface area contributed by atoms with Crippen molar-refractivity contribution in [3.05, 3.63) is 98.9 Å². The van der Waals surface area contributed by atoms with Crippen LogP contribution in [-0.4, -0.2) is 64.2 Å². The number of rotatable bonds is 7. The predicted molar refractivity (Wildman–Crippen MR) is 184 cm³/mol. The monoisotopic (exact) mass is 738 g/mol. The van der Waals surface area contributed by atoms with Gasteiger partial charge in [-0.3, -0.25) is 0 Å². The average molecular weight is 740 g/mol. The number of nitriles is 1. The van der Waals surface area contributed by atoms with E-state index in [-0.39, 0.29) is 21.3 Å². The van der Waals surface area contributed by atoms with Crippen LogP contribution < -0.4 is 9.67 Å². The first-order valence-corrected chi connectivity index (χ1v) is 18.2. The van der Waals surface area contributed by atoms with Gasteiger partial charge in [-0.15, -0.1) is 0 Å². The Labute approximate surface area is 288 Å². The van der Waals surface area contributed by atoms with Crippen molar-refractivity contribution in [2.75, 3.05) is 18.4 Å². The Hall–Kier alpha value is -3.25. The molecule has 1 N–H and O–H groups in total. The van der Waals surface area contributed by atoms with E-state index in [1.165, 1.54) is 18.3 Å². The summed E-state index contributed by atoms with van der Waals surface area (Å²) in [4.78, 5) is 11.4. The summed E-state index contributed by atoms with van der Waals surface area (Å²) in [5.74, 6) is -0.532. The summed E-state index contributed by atoms with van der Waals surface area (Å²) >= 11 is 18.5. The molecule has 3 aromatic heterocycles. The molecule has 2 atom stereocenters. The van der Waals surface area contributed by atoms with E-state index >= 15 is 0 Å². The van der Waals surface area contributed by atoms with Crippen molar-refractivity contribution in [1.82, 2.24) is 29.9 Å². The quantitative estimate of drug-likeness (QED) is 0.139. The molecule has 1 unspecified atom stereocenters. The van der Waals surface area contributed by atoms with Gasteiger partial charge in [-0.05, 0) is 0 Å². The van der Waals surface area contributed by atoms with Crippen LogP contribution in [0.4, 0.5) is 15.8 Å². The van der Waals surface area contributed by atoms with Crippen molar-refractivity contribution in [3.8, 4) is 6.07 Å². The number of hydrogen-bond donors (Lipinski definition) is 1. The van der Waals surface area contributed by atoms with E-state index < -0.39 is 21.6 Å². The van der Waals surface area contributed by atoms with Gasteiger partial charge in [-0.2, -0.15) is 0 Å². The molecule has 1 aliphatic heterocycles. The Bertz CT molecular complexity index is 1950. The summed E-state index contributed by atoms with van der Waals surface area (Å²) in [5.41, 5.74) is 3.72. The number of benzene rings is 2. The van der Waals surface area contributed by atoms with Crippen molar-refractivity contribution in [2.45, 2.75) is 49.9 Å². The maximum atomic E-state index is 13.9. The molecule has 0 bridgehead atoms. The zero-order chi connectivity index (χ0) is 32.6. The van der Waals surface area contributed by atoms with Crippen LogP contribution in [0.1, 0.15) is 61.2 Å². The number of halogens is 4. The molecule has 0 aliphatic carbocycles. The number of piperidine rings is 1. The molecule has 1 fully saturated rings. The van der Waals surface area contributed by atoms with E-state index in [9.17, 15) is 9.65 Å². The molecule has 4 heterocycles. The van der Waals surface area contributed by atoms with Crippen LogP contribution in [0.25, 0.3) is 10.9 Å². The Balaban J connectivity index is 1.37. The van der Waals surface area contributed by atoms with Crippen molar-refractivity contribution >= 4 is 77.2 Å². The normalized spacial score (nSPS) is 15.4. The Morgan fingerprint density at radius 2 is 1.85 bits per heavy atom. The molecule has 13 heteroatoms. The van der Waals surface area contributed by atoms with Gasteiger partial charge in [0.2, 0.25) is 0 Å². The van der Waals surface area contributed by atoms with Crippen molar-refractivity contribution in [2.24, 2.45) is 0 Å². The van der Waals surface area contributed by atoms with Crippen LogP contribution in [0.3, 0.4) is 0 Å². The number of fused-ring (bicyclic) bond motifs is 1. The van der Waals surface area contributed by atoms with Gasteiger partial charge in [0.05, 0.1) is 0 Å². The predicted octanol–water partition coefficient (Wildman–Crippen LogP) is 7.22. The molecule has 236 valence electrons. The van der Waals surface area contributed by atoms with Crippen molar-refractivity contribution in [3.63, 3.8) is 0 Å². The molecule has 2 aromatic carbocycles. The molecule has 5 aromatic rings. The summed E-state index contributed by atoms with van der Waals surface area (Å²) in [6.07, 6.45) is 7.19. The standard InChI is InChI=1S/C33H31AsCl3FN8/c1-33(2,3)45-11-8-22(9-12-45)46-18-28(43-44-46)29(23-5-4-10-40-32(23)37)34-20-13-24-30(42-21-6-7-27(38)25(35)15-21)19(16-39)17-41-31(24)26(36)14-20/h4-7,10,13-15,17-18,22,29,34H,8-9,11-12H2,1-3H3,(H,41,42)/t29-/m0/s1. The minimum atomic E-state index is -1.06. The molecule has 0 saturated carbocycles. The summed E-state index contributed by atoms with van der Waals surface area (Å²) in [6, 6.07) is 14.6. The van der Waals surface area contributed by atoms with Crippen molar-refractivity contribution < 1.29 is 4.39 Å². The summed E-state index contributed by atoms with van der Waals surface area (Å²) in [5, 5.41) is 24.0. The first kappa shape index (κ1) is 32.7. The minimum absolute atomic E-state index is 0.0312. The van der Waals surface area contributed by atoms with Gasteiger partial charge < -0.3 is 0 Å². The second-order valence-electron chi connectivity index (χ2n) is 12.2. The van der Waals surface area contributed by atoms with E-state index in [4.69, 9.17) is 34.8 Å². The number of hydrogen-bond acceptors (Lipinski definition) is 7. The summed E-state index contributed by atoms with van der Waals surface area (Å²) in [6.45, 7) is 8.76. The fraction of sp³-hybridized carbons (Fsp3) is 0.303. The number of nitrogens with zero attached hydrogens (tertiary/aromatic N) is 7. The molecule has 0 radical (unpaired) electrons. The third-order valence-electron chi connectivity index (χ3n) is 8.26. The molecule has 8 nitrogen and oxygen atoms in total. The molecule has 1 saturated heterocycles. The SMILES string of the molecule is CC(C)(C)N1CCC(n2cc([C@@H]([AsH]c3cc(Cl)c4ncc(C#N)c(Nc5ccc(F)c(Cl)c5)c4c3)c3cccnc3Cl)nn2)CC1. The molecule has 6 rings (SSSR count). The van der Waals surface area contributed by atoms with Gasteiger partial charge in [0.1, 0.15) is 0 Å². The molecule has 0 spiro atoms. The first-order valence-electron chi connectivity index (χ1n) is 14.8. The van der Waals surface area contributed by atoms with E-state index in [0.29, 0.717) is 38.0 Å². The second-order valence-corrected chi connectivity index (χ2v) is 16.4. The Morgan fingerprint density at radius 3 is 2.54 bits per heavy atom. The Morgan fingerprint density at radius 1 is 1.07 bits per heavy atom. The fourth-order valence-electron chi connectivity index (χ4n) is 5.77. The van der Waals surface area contributed by atoms with Gasteiger partial charge in [0.15, 0.2) is 0 Å². The van der Waals surface area contributed by atoms with Crippen LogP contribution >= 0.6 is 34.8 Å². The van der Waals surface area contributed by atoms with Gasteiger partial charge in [-0.1, -0.05) is 0 Å². The number of pyridine rings is 2. The first-order chi connectivity index (χ1) is 22.0. The average Bonchev–Trinajstić information content (AvgIpc) is 3.52. The second kappa shape index (κ2) is 13.5. The van der Waals surface area contributed by atoms with Gasteiger partial charge >= 0.3 is 290 Å². The third kappa shape index (κ3) is 6.88. The van der Waals surface area contributed by atoms with Crippen LogP contribution in [0, 0.1) is 17.1 Å². The summed E-state index contributed by atoms with van der Waals surface area (Å²) < 4.78 is 16.7.